The molecule has 1 saturated heterocycles. The van der Waals surface area contributed by atoms with Gasteiger partial charge in [0.15, 0.2) is 5.82 Å². The average Bonchev–Trinajstić information content (AvgIpc) is 2.98. The number of piperidine rings is 1. The second-order valence-corrected chi connectivity index (χ2v) is 6.87. The zero-order valence-electron chi connectivity index (χ0n) is 15.4. The summed E-state index contributed by atoms with van der Waals surface area (Å²) in [4.78, 5) is 21.2. The Morgan fingerprint density at radius 3 is 2.56 bits per heavy atom. The van der Waals surface area contributed by atoms with Crippen molar-refractivity contribution in [3.63, 3.8) is 0 Å². The summed E-state index contributed by atoms with van der Waals surface area (Å²) < 4.78 is 1.80. The molecule has 1 aliphatic heterocycles. The van der Waals surface area contributed by atoms with Crippen molar-refractivity contribution < 1.29 is 4.79 Å². The minimum absolute atomic E-state index is 0.0180. The molecule has 0 aromatic carbocycles. The minimum Gasteiger partial charge on any atom is -0.340 e. The Kier molecular flexibility index (Phi) is 5.48. The molecule has 0 saturated carbocycles. The third-order valence-corrected chi connectivity index (χ3v) is 4.77. The zero-order chi connectivity index (χ0) is 17.8. The highest BCUT2D eigenvalue weighted by molar-refractivity contribution is 5.93. The zero-order valence-corrected chi connectivity index (χ0v) is 15.4. The van der Waals surface area contributed by atoms with Crippen molar-refractivity contribution in [3.05, 3.63) is 41.3 Å². The topological polar surface area (TPSA) is 54.3 Å². The van der Waals surface area contributed by atoms with Crippen molar-refractivity contribution in [2.45, 2.75) is 33.1 Å². The van der Waals surface area contributed by atoms with Gasteiger partial charge in [0, 0.05) is 32.0 Å². The second-order valence-electron chi connectivity index (χ2n) is 6.87. The molecular weight excluding hydrogens is 314 g/mol. The Labute approximate surface area is 149 Å². The molecular formula is C19H27N5O. The van der Waals surface area contributed by atoms with Gasteiger partial charge in [0.05, 0.1) is 11.3 Å². The van der Waals surface area contributed by atoms with Crippen LogP contribution in [0, 0.1) is 13.8 Å². The number of rotatable bonds is 5. The molecule has 2 aromatic rings. The molecule has 134 valence electrons. The van der Waals surface area contributed by atoms with Gasteiger partial charge >= 0.3 is 0 Å². The molecule has 1 aliphatic rings. The lowest BCUT2D eigenvalue weighted by Gasteiger charge is -2.28. The fraction of sp³-hybridized carbons (Fsp3) is 0.526. The minimum atomic E-state index is 0.0180. The van der Waals surface area contributed by atoms with E-state index in [1.165, 1.54) is 19.3 Å². The SMILES string of the molecule is Cc1cc(C)n(-c2ccc(C(=O)N(C)CCN3CCCCC3)cn2)n1. The lowest BCUT2D eigenvalue weighted by molar-refractivity contribution is 0.0772. The van der Waals surface area contributed by atoms with Gasteiger partial charge in [0.2, 0.25) is 0 Å². The van der Waals surface area contributed by atoms with Gasteiger partial charge in [-0.15, -0.1) is 0 Å². The van der Waals surface area contributed by atoms with E-state index in [0.29, 0.717) is 5.56 Å². The summed E-state index contributed by atoms with van der Waals surface area (Å²) in [6, 6.07) is 5.69. The predicted octanol–water partition coefficient (Wildman–Crippen LogP) is 2.44. The van der Waals surface area contributed by atoms with E-state index in [2.05, 4.69) is 15.0 Å². The number of likely N-dealkylation sites (N-methyl/N-ethyl adjacent to an activating group) is 1. The van der Waals surface area contributed by atoms with Crippen LogP contribution in [0.1, 0.15) is 41.0 Å². The summed E-state index contributed by atoms with van der Waals surface area (Å²) >= 11 is 0. The van der Waals surface area contributed by atoms with Crippen molar-refractivity contribution in [1.82, 2.24) is 24.6 Å². The molecule has 0 aliphatic carbocycles. The molecule has 6 nitrogen and oxygen atoms in total. The Hall–Kier alpha value is -2.21. The number of amides is 1. The first-order valence-electron chi connectivity index (χ1n) is 9.02. The number of hydrogen-bond acceptors (Lipinski definition) is 4. The number of aryl methyl sites for hydroxylation is 2. The van der Waals surface area contributed by atoms with Crippen molar-refractivity contribution in [3.8, 4) is 5.82 Å². The van der Waals surface area contributed by atoms with Gasteiger partial charge in [-0.2, -0.15) is 5.10 Å². The largest absolute Gasteiger partial charge is 0.340 e. The fourth-order valence-electron chi connectivity index (χ4n) is 3.30. The summed E-state index contributed by atoms with van der Waals surface area (Å²) in [5, 5.41) is 4.42. The number of pyridine rings is 1. The highest BCUT2D eigenvalue weighted by Gasteiger charge is 2.15. The smallest absolute Gasteiger partial charge is 0.255 e. The number of carbonyl (C=O) groups is 1. The maximum Gasteiger partial charge on any atom is 0.255 e. The molecule has 1 amide bonds. The Bertz CT molecular complexity index is 716. The number of likely N-dealkylation sites (tertiary alicyclic amines) is 1. The van der Waals surface area contributed by atoms with E-state index in [9.17, 15) is 4.79 Å². The van der Waals surface area contributed by atoms with E-state index in [1.54, 1.807) is 15.8 Å². The van der Waals surface area contributed by atoms with Crippen LogP contribution in [0.3, 0.4) is 0 Å². The third-order valence-electron chi connectivity index (χ3n) is 4.77. The summed E-state index contributed by atoms with van der Waals surface area (Å²) in [6.07, 6.45) is 5.52. The monoisotopic (exact) mass is 341 g/mol. The van der Waals surface area contributed by atoms with E-state index >= 15 is 0 Å². The number of nitrogens with zero attached hydrogens (tertiary/aromatic N) is 5. The van der Waals surface area contributed by atoms with Gasteiger partial charge in [-0.25, -0.2) is 9.67 Å². The van der Waals surface area contributed by atoms with Gasteiger partial charge in [-0.05, 0) is 58.0 Å². The fourth-order valence-corrected chi connectivity index (χ4v) is 3.30. The van der Waals surface area contributed by atoms with E-state index < -0.39 is 0 Å². The molecule has 25 heavy (non-hydrogen) atoms. The third kappa shape index (κ3) is 4.25. The van der Waals surface area contributed by atoms with Crippen LogP contribution in [0.2, 0.25) is 0 Å². The van der Waals surface area contributed by atoms with E-state index in [0.717, 1.165) is 43.4 Å². The lowest BCUT2D eigenvalue weighted by Crippen LogP contribution is -2.38. The van der Waals surface area contributed by atoms with E-state index in [4.69, 9.17) is 0 Å². The van der Waals surface area contributed by atoms with Gasteiger partial charge in [-0.1, -0.05) is 6.42 Å². The van der Waals surface area contributed by atoms with E-state index in [-0.39, 0.29) is 5.91 Å². The first-order valence-corrected chi connectivity index (χ1v) is 9.02. The lowest BCUT2D eigenvalue weighted by atomic mass is 10.1. The maximum absolute atomic E-state index is 12.6. The number of aromatic nitrogens is 3. The Balaban J connectivity index is 1.60. The molecule has 0 atom stereocenters. The van der Waals surface area contributed by atoms with Crippen LogP contribution in [-0.2, 0) is 0 Å². The number of carbonyl (C=O) groups excluding carboxylic acids is 1. The highest BCUT2D eigenvalue weighted by Crippen LogP contribution is 2.12. The normalized spacial score (nSPS) is 15.3. The first-order chi connectivity index (χ1) is 12.0. The van der Waals surface area contributed by atoms with Crippen LogP contribution in [0.15, 0.2) is 24.4 Å². The molecule has 0 radical (unpaired) electrons. The molecule has 0 unspecified atom stereocenters. The molecule has 1 fully saturated rings. The van der Waals surface area contributed by atoms with Crippen LogP contribution in [-0.4, -0.2) is 63.7 Å². The Morgan fingerprint density at radius 2 is 1.96 bits per heavy atom. The van der Waals surface area contributed by atoms with Crippen LogP contribution in [0.25, 0.3) is 5.82 Å². The van der Waals surface area contributed by atoms with Crippen LogP contribution < -0.4 is 0 Å². The molecule has 3 heterocycles. The van der Waals surface area contributed by atoms with Gasteiger partial charge in [-0.3, -0.25) is 4.79 Å². The van der Waals surface area contributed by atoms with Crippen molar-refractivity contribution >= 4 is 5.91 Å². The van der Waals surface area contributed by atoms with E-state index in [1.807, 2.05) is 39.1 Å². The predicted molar refractivity (Wildman–Crippen MR) is 98.1 cm³/mol. The highest BCUT2D eigenvalue weighted by atomic mass is 16.2. The van der Waals surface area contributed by atoms with Crippen molar-refractivity contribution in [2.24, 2.45) is 0 Å². The molecule has 3 rings (SSSR count). The van der Waals surface area contributed by atoms with Gasteiger partial charge < -0.3 is 9.80 Å². The summed E-state index contributed by atoms with van der Waals surface area (Å²) in [6.45, 7) is 7.95. The summed E-state index contributed by atoms with van der Waals surface area (Å²) in [5.41, 5.74) is 2.60. The molecule has 2 aromatic heterocycles. The van der Waals surface area contributed by atoms with Crippen LogP contribution in [0.4, 0.5) is 0 Å². The van der Waals surface area contributed by atoms with Crippen LogP contribution >= 0.6 is 0 Å². The first kappa shape index (κ1) is 17.6. The standard InChI is InChI=1S/C19H27N5O/c1-15-13-16(2)24(21-15)18-8-7-17(14-20-18)19(25)22(3)11-12-23-9-5-4-6-10-23/h7-8,13-14H,4-6,9-12H2,1-3H3. The summed E-state index contributed by atoms with van der Waals surface area (Å²) in [7, 11) is 1.86. The second kappa shape index (κ2) is 7.78. The van der Waals surface area contributed by atoms with Crippen molar-refractivity contribution in [1.29, 1.82) is 0 Å². The van der Waals surface area contributed by atoms with Gasteiger partial charge in [0.1, 0.15) is 0 Å². The van der Waals surface area contributed by atoms with Crippen molar-refractivity contribution in [2.75, 3.05) is 33.2 Å². The Morgan fingerprint density at radius 1 is 1.20 bits per heavy atom. The quantitative estimate of drug-likeness (QED) is 0.838. The summed E-state index contributed by atoms with van der Waals surface area (Å²) in [5.74, 6) is 0.752. The maximum atomic E-state index is 12.6. The van der Waals surface area contributed by atoms with Crippen LogP contribution in [0.5, 0.6) is 0 Å². The molecule has 6 heteroatoms. The number of hydrogen-bond donors (Lipinski definition) is 0. The molecule has 0 spiro atoms. The molecule has 0 N–H and O–H groups in total. The average molecular weight is 341 g/mol. The molecule has 0 bridgehead atoms. The van der Waals surface area contributed by atoms with Gasteiger partial charge in [0.25, 0.3) is 5.91 Å².